The highest BCUT2D eigenvalue weighted by atomic mass is 14.6. The molecule has 0 nitrogen and oxygen atoms in total. The molecule has 4 aliphatic rings. The van der Waals surface area contributed by atoms with Gasteiger partial charge in [0, 0.05) is 0 Å². The molecule has 0 saturated heterocycles. The van der Waals surface area contributed by atoms with Crippen LogP contribution in [-0.4, -0.2) is 0 Å². The second kappa shape index (κ2) is 4.37. The molecule has 3 saturated carbocycles. The molecule has 0 aromatic rings. The van der Waals surface area contributed by atoms with E-state index >= 15 is 0 Å². The van der Waals surface area contributed by atoms with E-state index in [1.807, 2.05) is 0 Å². The van der Waals surface area contributed by atoms with E-state index in [4.69, 9.17) is 0 Å². The maximum atomic E-state index is 2.57. The van der Waals surface area contributed by atoms with Crippen molar-refractivity contribution >= 4 is 0 Å². The van der Waals surface area contributed by atoms with Crippen LogP contribution in [0.4, 0.5) is 0 Å². The largest absolute Gasteiger partial charge is 0.0877 e. The summed E-state index contributed by atoms with van der Waals surface area (Å²) in [6.07, 6.45) is 17.2. The first-order valence-electron chi connectivity index (χ1n) is 8.87. The van der Waals surface area contributed by atoms with Crippen LogP contribution < -0.4 is 0 Å². The quantitative estimate of drug-likeness (QED) is 0.507. The summed E-state index contributed by atoms with van der Waals surface area (Å²) in [5.74, 6) is 6.37. The Morgan fingerprint density at radius 1 is 1.00 bits per heavy atom. The van der Waals surface area contributed by atoms with Crippen molar-refractivity contribution < 1.29 is 0 Å². The summed E-state index contributed by atoms with van der Waals surface area (Å²) < 4.78 is 0. The van der Waals surface area contributed by atoms with Crippen LogP contribution in [0.5, 0.6) is 0 Å². The van der Waals surface area contributed by atoms with Gasteiger partial charge < -0.3 is 0 Å². The first-order valence-corrected chi connectivity index (χ1v) is 8.87. The highest BCUT2D eigenvalue weighted by Crippen LogP contribution is 2.61. The second-order valence-corrected chi connectivity index (χ2v) is 8.44. The Morgan fingerprint density at radius 3 is 2.79 bits per heavy atom. The third kappa shape index (κ3) is 1.78. The maximum absolute atomic E-state index is 2.57. The van der Waals surface area contributed by atoms with E-state index < -0.39 is 0 Å². The normalized spacial score (nSPS) is 56.3. The summed E-state index contributed by atoms with van der Waals surface area (Å²) >= 11 is 0. The average molecular weight is 258 g/mol. The molecule has 2 unspecified atom stereocenters. The number of allylic oxidation sites excluding steroid dienone is 2. The van der Waals surface area contributed by atoms with Crippen molar-refractivity contribution in [3.8, 4) is 0 Å². The molecule has 0 spiro atoms. The zero-order valence-electron chi connectivity index (χ0n) is 12.8. The minimum atomic E-state index is 0.575. The van der Waals surface area contributed by atoms with Gasteiger partial charge >= 0.3 is 0 Å². The lowest BCUT2D eigenvalue weighted by Crippen LogP contribution is -2.48. The molecule has 0 aromatic heterocycles. The van der Waals surface area contributed by atoms with Gasteiger partial charge in [-0.3, -0.25) is 0 Å². The average Bonchev–Trinajstić information content (AvgIpc) is 2.80. The van der Waals surface area contributed by atoms with Crippen LogP contribution in [0.2, 0.25) is 0 Å². The summed E-state index contributed by atoms with van der Waals surface area (Å²) in [5, 5.41) is 0. The van der Waals surface area contributed by atoms with Crippen LogP contribution in [0.1, 0.15) is 65.2 Å². The monoisotopic (exact) mass is 258 g/mol. The molecule has 0 aliphatic heterocycles. The van der Waals surface area contributed by atoms with Crippen LogP contribution in [0.25, 0.3) is 0 Å². The van der Waals surface area contributed by atoms with Gasteiger partial charge in [-0.2, -0.15) is 0 Å². The van der Waals surface area contributed by atoms with Crippen LogP contribution in [-0.2, 0) is 0 Å². The molecule has 4 aliphatic carbocycles. The molecule has 0 heterocycles. The van der Waals surface area contributed by atoms with Gasteiger partial charge in [0.2, 0.25) is 0 Å². The van der Waals surface area contributed by atoms with Gasteiger partial charge in [-0.15, -0.1) is 0 Å². The lowest BCUT2D eigenvalue weighted by molar-refractivity contribution is -0.0596. The Bertz CT molecular complexity index is 381. The third-order valence-electron chi connectivity index (χ3n) is 7.62. The fraction of sp³-hybridized carbons (Fsp3) is 0.895. The van der Waals surface area contributed by atoms with Crippen LogP contribution in [0.3, 0.4) is 0 Å². The molecule has 0 aromatic carbocycles. The molecule has 0 radical (unpaired) electrons. The number of fused-ring (bicyclic) bond motifs is 5. The van der Waals surface area contributed by atoms with Gasteiger partial charge in [-0.1, -0.05) is 45.3 Å². The highest BCUT2D eigenvalue weighted by Gasteiger charge is 2.52. The molecule has 0 heteroatoms. The zero-order valence-corrected chi connectivity index (χ0v) is 12.8. The lowest BCUT2D eigenvalue weighted by atomic mass is 9.49. The van der Waals surface area contributed by atoms with Crippen LogP contribution in [0.15, 0.2) is 12.2 Å². The van der Waals surface area contributed by atoms with E-state index in [1.54, 1.807) is 19.3 Å². The molecule has 7 atom stereocenters. The Hall–Kier alpha value is -0.260. The summed E-state index contributed by atoms with van der Waals surface area (Å²) in [4.78, 5) is 0. The van der Waals surface area contributed by atoms with Gasteiger partial charge in [-0.25, -0.2) is 0 Å². The van der Waals surface area contributed by atoms with E-state index in [0.717, 1.165) is 35.5 Å². The first-order chi connectivity index (χ1) is 9.19. The molecule has 0 N–H and O–H groups in total. The maximum Gasteiger partial charge on any atom is -0.0112 e. The van der Waals surface area contributed by atoms with E-state index in [-0.39, 0.29) is 0 Å². The summed E-state index contributed by atoms with van der Waals surface area (Å²) in [6.45, 7) is 5.12. The summed E-state index contributed by atoms with van der Waals surface area (Å²) in [6, 6.07) is 0. The van der Waals surface area contributed by atoms with Crippen LogP contribution in [0, 0.1) is 40.9 Å². The third-order valence-corrected chi connectivity index (χ3v) is 7.62. The number of rotatable bonds is 0. The van der Waals surface area contributed by atoms with Gasteiger partial charge in [0.15, 0.2) is 0 Å². The highest BCUT2D eigenvalue weighted by molar-refractivity contribution is 5.14. The van der Waals surface area contributed by atoms with Crippen molar-refractivity contribution in [3.05, 3.63) is 12.2 Å². The van der Waals surface area contributed by atoms with Crippen molar-refractivity contribution in [3.63, 3.8) is 0 Å². The molecule has 106 valence electrons. The number of hydrogen-bond donors (Lipinski definition) is 0. The fourth-order valence-electron chi connectivity index (χ4n) is 6.76. The van der Waals surface area contributed by atoms with E-state index in [9.17, 15) is 0 Å². The molecular weight excluding hydrogens is 228 g/mol. The minimum Gasteiger partial charge on any atom is -0.0877 e. The Morgan fingerprint density at radius 2 is 1.89 bits per heavy atom. The van der Waals surface area contributed by atoms with Crippen molar-refractivity contribution in [2.45, 2.75) is 65.2 Å². The van der Waals surface area contributed by atoms with Crippen LogP contribution >= 0.6 is 0 Å². The van der Waals surface area contributed by atoms with Crippen molar-refractivity contribution in [1.82, 2.24) is 0 Å². The predicted molar refractivity (Wildman–Crippen MR) is 80.8 cm³/mol. The Labute approximate surface area is 119 Å². The molecular formula is C19H30. The van der Waals surface area contributed by atoms with Crippen molar-refractivity contribution in [2.24, 2.45) is 40.9 Å². The fourth-order valence-corrected chi connectivity index (χ4v) is 6.76. The summed E-state index contributed by atoms with van der Waals surface area (Å²) in [7, 11) is 0. The molecule has 19 heavy (non-hydrogen) atoms. The van der Waals surface area contributed by atoms with Gasteiger partial charge in [0.05, 0.1) is 0 Å². The van der Waals surface area contributed by atoms with Gasteiger partial charge in [-0.05, 0) is 73.0 Å². The predicted octanol–water partition coefficient (Wildman–Crippen LogP) is 5.44. The second-order valence-electron chi connectivity index (χ2n) is 8.44. The molecule has 0 bridgehead atoms. The first kappa shape index (κ1) is 12.5. The lowest BCUT2D eigenvalue weighted by Gasteiger charge is -2.56. The van der Waals surface area contributed by atoms with E-state index in [0.29, 0.717) is 5.41 Å². The van der Waals surface area contributed by atoms with Crippen molar-refractivity contribution in [1.29, 1.82) is 0 Å². The molecule has 0 amide bonds. The SMILES string of the molecule is CC1CCCC2CC[C@@H]3[C@H](CC[C@]4(C)C=CC[C@@H]34)[C@@H]12. The number of hydrogen-bond acceptors (Lipinski definition) is 0. The zero-order chi connectivity index (χ0) is 13.0. The topological polar surface area (TPSA) is 0 Å². The van der Waals surface area contributed by atoms with Gasteiger partial charge in [0.1, 0.15) is 0 Å². The summed E-state index contributed by atoms with van der Waals surface area (Å²) in [5.41, 5.74) is 0.575. The molecule has 4 rings (SSSR count). The Balaban J connectivity index is 1.61. The van der Waals surface area contributed by atoms with E-state index in [2.05, 4.69) is 26.0 Å². The van der Waals surface area contributed by atoms with Gasteiger partial charge in [0.25, 0.3) is 0 Å². The van der Waals surface area contributed by atoms with Crippen molar-refractivity contribution in [2.75, 3.05) is 0 Å². The van der Waals surface area contributed by atoms with E-state index in [1.165, 1.54) is 32.1 Å². The smallest absolute Gasteiger partial charge is 0.0112 e. The minimum absolute atomic E-state index is 0.575. The Kier molecular flexibility index (Phi) is 2.87. The standard InChI is InChI=1S/C19H30/c1-13-5-3-6-14-8-9-15-16(18(13)14)10-12-19(2)11-4-7-17(15)19/h4,11,13-18H,3,5-10,12H2,1-2H3/t13?,14?,15-,16+,17+,18+,19+/m1/s1. The molecule has 3 fully saturated rings.